The molecule has 0 atom stereocenters. The summed E-state index contributed by atoms with van der Waals surface area (Å²) in [6.07, 6.45) is 2.39. The number of ether oxygens (including phenoxy) is 3. The topological polar surface area (TPSA) is 95.3 Å². The monoisotopic (exact) mass is 382 g/mol. The van der Waals surface area contributed by atoms with E-state index in [0.717, 1.165) is 12.8 Å². The quantitative estimate of drug-likeness (QED) is 0.431. The second-order valence-corrected chi connectivity index (χ2v) is 7.72. The van der Waals surface area contributed by atoms with Gasteiger partial charge in [-0.1, -0.05) is 0 Å². The highest BCUT2D eigenvalue weighted by molar-refractivity contribution is 5.86. The lowest BCUT2D eigenvalue weighted by atomic mass is 10.1. The minimum absolute atomic E-state index is 0.226. The Hall–Kier alpha value is -2.30. The third kappa shape index (κ3) is 7.08. The Bertz CT molecular complexity index is 594. The zero-order chi connectivity index (χ0) is 20.7. The molecule has 2 aliphatic rings. The fourth-order valence-corrected chi connectivity index (χ4v) is 2.19. The highest BCUT2D eigenvalue weighted by Gasteiger charge is 2.60. The van der Waals surface area contributed by atoms with Gasteiger partial charge in [-0.3, -0.25) is 9.64 Å². The molecule has 0 saturated heterocycles. The van der Waals surface area contributed by atoms with Gasteiger partial charge in [-0.25, -0.2) is 16.2 Å². The standard InChI is InChI=1S/C12H21NO4.C7H9NO2/c1-5-16-9(14)12(6-7-12)8-13-10(15)17-11(2,3)4;1-3-10-6(9)7(8-2)4-5-7/h5-8H2,1-4H3,(H,13,15);3-5H2,1H3. The van der Waals surface area contributed by atoms with Gasteiger partial charge in [0.05, 0.1) is 18.6 Å². The van der Waals surface area contributed by atoms with Crippen LogP contribution in [0.2, 0.25) is 0 Å². The highest BCUT2D eigenvalue weighted by atomic mass is 16.6. The van der Waals surface area contributed by atoms with Crippen LogP contribution in [0.4, 0.5) is 4.79 Å². The molecule has 2 rings (SSSR count). The van der Waals surface area contributed by atoms with E-state index in [2.05, 4.69) is 10.2 Å². The molecule has 8 heteroatoms. The van der Waals surface area contributed by atoms with Crippen molar-refractivity contribution in [2.24, 2.45) is 5.41 Å². The van der Waals surface area contributed by atoms with Gasteiger partial charge < -0.3 is 19.5 Å². The largest absolute Gasteiger partial charge is 0.466 e. The van der Waals surface area contributed by atoms with Crippen molar-refractivity contribution in [1.29, 1.82) is 0 Å². The number of amides is 1. The average molecular weight is 382 g/mol. The number of nitrogens with zero attached hydrogens (tertiary/aromatic N) is 1. The molecule has 2 aliphatic carbocycles. The summed E-state index contributed by atoms with van der Waals surface area (Å²) in [5.74, 6) is -0.568. The molecule has 0 unspecified atom stereocenters. The number of carbonyl (C=O) groups is 3. The molecule has 8 nitrogen and oxygen atoms in total. The Labute approximate surface area is 160 Å². The van der Waals surface area contributed by atoms with Crippen molar-refractivity contribution in [3.8, 4) is 0 Å². The predicted molar refractivity (Wildman–Crippen MR) is 97.7 cm³/mol. The summed E-state index contributed by atoms with van der Waals surface area (Å²) in [6.45, 7) is 16.6. The number of carbonyl (C=O) groups excluding carboxylic acids is 3. The third-order valence-corrected chi connectivity index (χ3v) is 4.13. The molecular formula is C19H30N2O6. The molecule has 0 radical (unpaired) electrons. The lowest BCUT2D eigenvalue weighted by molar-refractivity contribution is -0.149. The lowest BCUT2D eigenvalue weighted by Gasteiger charge is -2.21. The second-order valence-electron chi connectivity index (χ2n) is 7.72. The maximum Gasteiger partial charge on any atom is 0.407 e. The van der Waals surface area contributed by atoms with Crippen LogP contribution in [0.25, 0.3) is 4.85 Å². The number of alkyl carbamates (subject to hydrolysis) is 1. The van der Waals surface area contributed by atoms with Crippen molar-refractivity contribution in [3.05, 3.63) is 11.4 Å². The first-order valence-corrected chi connectivity index (χ1v) is 9.24. The van der Waals surface area contributed by atoms with Crippen LogP contribution >= 0.6 is 0 Å². The maximum absolute atomic E-state index is 11.6. The molecule has 1 amide bonds. The van der Waals surface area contributed by atoms with E-state index in [-0.39, 0.29) is 11.9 Å². The molecule has 2 fully saturated rings. The molecular weight excluding hydrogens is 352 g/mol. The summed E-state index contributed by atoms with van der Waals surface area (Å²) in [6, 6.07) is 0. The number of hydrogen-bond acceptors (Lipinski definition) is 6. The number of esters is 2. The van der Waals surface area contributed by atoms with Crippen LogP contribution in [0, 0.1) is 12.0 Å². The molecule has 152 valence electrons. The Kier molecular flexibility index (Phi) is 7.64. The molecule has 0 bridgehead atoms. The first-order valence-electron chi connectivity index (χ1n) is 9.24. The number of hydrogen-bond donors (Lipinski definition) is 1. The van der Waals surface area contributed by atoms with Gasteiger partial charge in [0.2, 0.25) is 0 Å². The first kappa shape index (κ1) is 22.7. The Morgan fingerprint density at radius 3 is 1.89 bits per heavy atom. The molecule has 0 aromatic rings. The van der Waals surface area contributed by atoms with Gasteiger partial charge in [-0.15, -0.1) is 0 Å². The van der Waals surface area contributed by atoms with Crippen molar-refractivity contribution in [2.45, 2.75) is 71.4 Å². The predicted octanol–water partition coefficient (Wildman–Crippen LogP) is 2.86. The van der Waals surface area contributed by atoms with Crippen LogP contribution in [0.1, 0.15) is 60.3 Å². The molecule has 2 saturated carbocycles. The Balaban J connectivity index is 0.000000309. The summed E-state index contributed by atoms with van der Waals surface area (Å²) in [5, 5.41) is 2.62. The Morgan fingerprint density at radius 1 is 1.00 bits per heavy atom. The summed E-state index contributed by atoms with van der Waals surface area (Å²) < 4.78 is 14.8. The van der Waals surface area contributed by atoms with Gasteiger partial charge >= 0.3 is 23.6 Å². The van der Waals surface area contributed by atoms with Gasteiger partial charge in [0.15, 0.2) is 0 Å². The second kappa shape index (κ2) is 9.07. The van der Waals surface area contributed by atoms with Crippen LogP contribution in [0.3, 0.4) is 0 Å². The van der Waals surface area contributed by atoms with Crippen molar-refractivity contribution >= 4 is 18.0 Å². The molecule has 0 aliphatic heterocycles. The van der Waals surface area contributed by atoms with E-state index in [1.54, 1.807) is 34.6 Å². The number of nitrogens with one attached hydrogen (secondary N) is 1. The molecule has 0 aromatic heterocycles. The van der Waals surface area contributed by atoms with E-state index in [4.69, 9.17) is 20.8 Å². The Morgan fingerprint density at radius 2 is 1.52 bits per heavy atom. The van der Waals surface area contributed by atoms with E-state index in [1.807, 2.05) is 0 Å². The van der Waals surface area contributed by atoms with Gasteiger partial charge in [0.25, 0.3) is 0 Å². The van der Waals surface area contributed by atoms with Crippen LogP contribution in [0.5, 0.6) is 0 Å². The zero-order valence-corrected chi connectivity index (χ0v) is 16.8. The first-order chi connectivity index (χ1) is 12.5. The minimum atomic E-state index is -0.768. The zero-order valence-electron chi connectivity index (χ0n) is 16.8. The van der Waals surface area contributed by atoms with Gasteiger partial charge in [-0.05, 0) is 47.5 Å². The summed E-state index contributed by atoms with van der Waals surface area (Å²) in [4.78, 5) is 37.2. The van der Waals surface area contributed by atoms with Crippen LogP contribution in [-0.4, -0.2) is 48.9 Å². The number of rotatable bonds is 6. The van der Waals surface area contributed by atoms with Crippen molar-refractivity contribution in [2.75, 3.05) is 19.8 Å². The van der Waals surface area contributed by atoms with Gasteiger partial charge in [0, 0.05) is 19.4 Å². The SMILES string of the molecule is CCOC(=O)C1(CNC(=O)OC(C)(C)C)CC1.[C-]#[N+]C1(C(=O)OCC)CC1. The lowest BCUT2D eigenvalue weighted by Crippen LogP contribution is -2.38. The third-order valence-electron chi connectivity index (χ3n) is 4.13. The van der Waals surface area contributed by atoms with Crippen molar-refractivity contribution in [1.82, 2.24) is 5.32 Å². The van der Waals surface area contributed by atoms with Crippen LogP contribution in [0.15, 0.2) is 0 Å². The van der Waals surface area contributed by atoms with E-state index in [9.17, 15) is 14.4 Å². The maximum atomic E-state index is 11.6. The van der Waals surface area contributed by atoms with E-state index in [0.29, 0.717) is 32.6 Å². The molecule has 0 heterocycles. The fourth-order valence-electron chi connectivity index (χ4n) is 2.19. The van der Waals surface area contributed by atoms with E-state index in [1.165, 1.54) is 0 Å². The minimum Gasteiger partial charge on any atom is -0.466 e. The van der Waals surface area contributed by atoms with Gasteiger partial charge in [-0.2, -0.15) is 0 Å². The van der Waals surface area contributed by atoms with Crippen molar-refractivity contribution in [3.63, 3.8) is 0 Å². The summed E-state index contributed by atoms with van der Waals surface area (Å²) >= 11 is 0. The highest BCUT2D eigenvalue weighted by Crippen LogP contribution is 2.46. The fraction of sp³-hybridized carbons (Fsp3) is 0.789. The van der Waals surface area contributed by atoms with E-state index < -0.39 is 22.6 Å². The normalized spacial score (nSPS) is 17.9. The molecule has 0 spiro atoms. The van der Waals surface area contributed by atoms with Crippen molar-refractivity contribution < 1.29 is 28.6 Å². The summed E-state index contributed by atoms with van der Waals surface area (Å²) in [7, 11) is 0. The summed E-state index contributed by atoms with van der Waals surface area (Å²) in [5.41, 5.74) is -1.80. The molecule has 1 N–H and O–H groups in total. The smallest absolute Gasteiger partial charge is 0.407 e. The van der Waals surface area contributed by atoms with Gasteiger partial charge in [0.1, 0.15) is 5.60 Å². The van der Waals surface area contributed by atoms with Crippen LogP contribution < -0.4 is 5.32 Å². The van der Waals surface area contributed by atoms with Crippen LogP contribution in [-0.2, 0) is 23.8 Å². The van der Waals surface area contributed by atoms with E-state index >= 15 is 0 Å². The molecule has 0 aromatic carbocycles. The average Bonchev–Trinajstić information content (AvgIpc) is 3.46. The molecule has 27 heavy (non-hydrogen) atoms.